The van der Waals surface area contributed by atoms with E-state index in [0.717, 1.165) is 36.6 Å². The van der Waals surface area contributed by atoms with Crippen LogP contribution in [0.4, 0.5) is 0 Å². The van der Waals surface area contributed by atoms with E-state index in [1.807, 2.05) is 48.0 Å². The average Bonchev–Trinajstić information content (AvgIpc) is 3.21. The molecule has 1 aliphatic rings. The summed E-state index contributed by atoms with van der Waals surface area (Å²) in [5, 5.41) is 3.13. The molecule has 1 N–H and O–H groups in total. The zero-order valence-corrected chi connectivity index (χ0v) is 13.5. The van der Waals surface area contributed by atoms with E-state index in [-0.39, 0.29) is 11.9 Å². The Hall–Kier alpha value is -2.89. The summed E-state index contributed by atoms with van der Waals surface area (Å²) in [7, 11) is 0. The van der Waals surface area contributed by atoms with Crippen molar-refractivity contribution in [3.63, 3.8) is 0 Å². The number of aryl methyl sites for hydroxylation is 2. The number of nitrogens with one attached hydrogen (secondary N) is 1. The van der Waals surface area contributed by atoms with Gasteiger partial charge in [0.1, 0.15) is 11.5 Å². The van der Waals surface area contributed by atoms with E-state index < -0.39 is 0 Å². The number of benzene rings is 1. The van der Waals surface area contributed by atoms with Gasteiger partial charge in [-0.1, -0.05) is 18.2 Å². The summed E-state index contributed by atoms with van der Waals surface area (Å²) in [5.41, 5.74) is 2.50. The highest BCUT2D eigenvalue weighted by atomic mass is 16.2. The molecule has 1 aromatic carbocycles. The molecule has 6 heteroatoms. The molecule has 0 aliphatic carbocycles. The molecule has 0 bridgehead atoms. The van der Waals surface area contributed by atoms with Crippen molar-refractivity contribution in [1.82, 2.24) is 24.4 Å². The lowest BCUT2D eigenvalue weighted by Crippen LogP contribution is -2.41. The fourth-order valence-electron chi connectivity index (χ4n) is 3.22. The van der Waals surface area contributed by atoms with Gasteiger partial charge in [-0.05, 0) is 25.5 Å². The number of imidazole rings is 2. The van der Waals surface area contributed by atoms with E-state index in [2.05, 4.69) is 19.9 Å². The molecule has 3 heterocycles. The molecule has 0 saturated carbocycles. The second-order valence-corrected chi connectivity index (χ2v) is 6.14. The van der Waals surface area contributed by atoms with Gasteiger partial charge in [-0.25, -0.2) is 9.97 Å². The monoisotopic (exact) mass is 321 g/mol. The molecule has 122 valence electrons. The van der Waals surface area contributed by atoms with Crippen molar-refractivity contribution in [2.75, 3.05) is 0 Å². The molecule has 0 saturated heterocycles. The summed E-state index contributed by atoms with van der Waals surface area (Å²) in [4.78, 5) is 21.3. The summed E-state index contributed by atoms with van der Waals surface area (Å²) in [6.45, 7) is 2.76. The predicted molar refractivity (Wildman–Crippen MR) is 90.1 cm³/mol. The van der Waals surface area contributed by atoms with Crippen LogP contribution in [-0.2, 0) is 13.0 Å². The summed E-state index contributed by atoms with van der Waals surface area (Å²) < 4.78 is 3.95. The van der Waals surface area contributed by atoms with Crippen LogP contribution in [0.25, 0.3) is 5.69 Å². The number of hydrogen-bond donors (Lipinski definition) is 1. The van der Waals surface area contributed by atoms with Crippen LogP contribution in [0, 0.1) is 6.92 Å². The van der Waals surface area contributed by atoms with Gasteiger partial charge < -0.3 is 9.88 Å². The number of amides is 1. The van der Waals surface area contributed by atoms with Gasteiger partial charge >= 0.3 is 0 Å². The minimum absolute atomic E-state index is 0.0957. The number of aromatic nitrogens is 4. The Morgan fingerprint density at radius 1 is 1.29 bits per heavy atom. The van der Waals surface area contributed by atoms with Crippen LogP contribution in [0.3, 0.4) is 0 Å². The molecule has 4 rings (SSSR count). The molecule has 1 amide bonds. The summed E-state index contributed by atoms with van der Waals surface area (Å²) in [6, 6.07) is 9.87. The first kappa shape index (κ1) is 14.7. The Morgan fingerprint density at radius 3 is 2.96 bits per heavy atom. The number of carbonyl (C=O) groups excluding carboxylic acids is 1. The Kier molecular flexibility index (Phi) is 3.65. The number of nitrogens with zero attached hydrogens (tertiary/aromatic N) is 4. The third-order valence-electron chi connectivity index (χ3n) is 4.35. The minimum Gasteiger partial charge on any atom is -0.346 e. The Morgan fingerprint density at radius 2 is 2.12 bits per heavy atom. The lowest BCUT2D eigenvalue weighted by molar-refractivity contribution is 0.0920. The number of carbonyl (C=O) groups is 1. The molecule has 0 spiro atoms. The zero-order chi connectivity index (χ0) is 16.5. The highest BCUT2D eigenvalue weighted by Gasteiger charge is 2.23. The largest absolute Gasteiger partial charge is 0.346 e. The molecular formula is C18H19N5O. The van der Waals surface area contributed by atoms with E-state index >= 15 is 0 Å². The lowest BCUT2D eigenvalue weighted by Gasteiger charge is -2.24. The maximum absolute atomic E-state index is 12.7. The van der Waals surface area contributed by atoms with Gasteiger partial charge in [-0.3, -0.25) is 9.36 Å². The fourth-order valence-corrected chi connectivity index (χ4v) is 3.22. The van der Waals surface area contributed by atoms with Gasteiger partial charge in [0.25, 0.3) is 5.91 Å². The van der Waals surface area contributed by atoms with Crippen LogP contribution in [0.2, 0.25) is 0 Å². The molecule has 1 atom stereocenters. The first-order valence-corrected chi connectivity index (χ1v) is 8.12. The Bertz CT molecular complexity index is 865. The second kappa shape index (κ2) is 5.96. The van der Waals surface area contributed by atoms with Gasteiger partial charge in [0.05, 0.1) is 18.2 Å². The number of fused-ring (bicyclic) bond motifs is 1. The topological polar surface area (TPSA) is 64.7 Å². The van der Waals surface area contributed by atoms with Crippen molar-refractivity contribution in [3.05, 3.63) is 66.3 Å². The normalized spacial score (nSPS) is 16.6. The van der Waals surface area contributed by atoms with Crippen molar-refractivity contribution in [1.29, 1.82) is 0 Å². The highest BCUT2D eigenvalue weighted by molar-refractivity contribution is 5.93. The molecule has 1 unspecified atom stereocenters. The van der Waals surface area contributed by atoms with E-state index in [9.17, 15) is 4.79 Å². The van der Waals surface area contributed by atoms with Crippen molar-refractivity contribution < 1.29 is 4.79 Å². The molecule has 24 heavy (non-hydrogen) atoms. The molecule has 0 radical (unpaired) electrons. The van der Waals surface area contributed by atoms with Crippen molar-refractivity contribution in [3.8, 4) is 5.69 Å². The van der Waals surface area contributed by atoms with Crippen LogP contribution in [0.1, 0.15) is 28.4 Å². The molecule has 3 aromatic rings. The fraction of sp³-hybridized carbons (Fsp3) is 0.278. The van der Waals surface area contributed by atoms with Crippen LogP contribution in [0.15, 0.2) is 49.1 Å². The second-order valence-electron chi connectivity index (χ2n) is 6.14. The third kappa shape index (κ3) is 2.71. The Labute approximate surface area is 140 Å². The van der Waals surface area contributed by atoms with E-state index in [1.165, 1.54) is 0 Å². The first-order chi connectivity index (χ1) is 11.7. The molecule has 2 aromatic heterocycles. The van der Waals surface area contributed by atoms with Gasteiger partial charge in [0, 0.05) is 30.9 Å². The van der Waals surface area contributed by atoms with E-state index in [4.69, 9.17) is 0 Å². The zero-order valence-electron chi connectivity index (χ0n) is 13.5. The van der Waals surface area contributed by atoms with E-state index in [1.54, 1.807) is 12.5 Å². The van der Waals surface area contributed by atoms with Crippen molar-refractivity contribution >= 4 is 5.91 Å². The van der Waals surface area contributed by atoms with Crippen molar-refractivity contribution in [2.45, 2.75) is 32.4 Å². The summed E-state index contributed by atoms with van der Waals surface area (Å²) in [5.74, 6) is 1.01. The SMILES string of the molecule is Cc1cn2c(n1)CCC(NC(=O)c1cncn1-c1ccccc1)C2. The highest BCUT2D eigenvalue weighted by Crippen LogP contribution is 2.16. The Balaban J connectivity index is 1.51. The van der Waals surface area contributed by atoms with Gasteiger partial charge in [0.2, 0.25) is 0 Å². The maximum Gasteiger partial charge on any atom is 0.270 e. The number of rotatable bonds is 3. The quantitative estimate of drug-likeness (QED) is 0.803. The third-order valence-corrected chi connectivity index (χ3v) is 4.35. The lowest BCUT2D eigenvalue weighted by atomic mass is 10.1. The standard InChI is InChI=1S/C18H19N5O/c1-13-10-22-11-14(7-8-17(22)20-13)21-18(24)16-9-19-12-23(16)15-5-3-2-4-6-15/h2-6,9-10,12,14H,7-8,11H2,1H3,(H,21,24). The van der Waals surface area contributed by atoms with Gasteiger partial charge in [0.15, 0.2) is 0 Å². The van der Waals surface area contributed by atoms with Crippen molar-refractivity contribution in [2.24, 2.45) is 0 Å². The molecular weight excluding hydrogens is 302 g/mol. The van der Waals surface area contributed by atoms with Crippen LogP contribution < -0.4 is 5.32 Å². The summed E-state index contributed by atoms with van der Waals surface area (Å²) in [6.07, 6.45) is 7.11. The molecule has 6 nitrogen and oxygen atoms in total. The molecule has 0 fully saturated rings. The minimum atomic E-state index is -0.0957. The average molecular weight is 321 g/mol. The van der Waals surface area contributed by atoms with Crippen LogP contribution in [0.5, 0.6) is 0 Å². The number of para-hydroxylation sites is 1. The van der Waals surface area contributed by atoms with Crippen LogP contribution in [-0.4, -0.2) is 31.1 Å². The first-order valence-electron chi connectivity index (χ1n) is 8.12. The predicted octanol–water partition coefficient (Wildman–Crippen LogP) is 2.12. The summed E-state index contributed by atoms with van der Waals surface area (Å²) >= 11 is 0. The number of hydrogen-bond acceptors (Lipinski definition) is 3. The smallest absolute Gasteiger partial charge is 0.270 e. The van der Waals surface area contributed by atoms with Gasteiger partial charge in [-0.15, -0.1) is 0 Å². The van der Waals surface area contributed by atoms with Gasteiger partial charge in [-0.2, -0.15) is 0 Å². The van der Waals surface area contributed by atoms with Crippen LogP contribution >= 0.6 is 0 Å². The van der Waals surface area contributed by atoms with E-state index in [0.29, 0.717) is 5.69 Å². The molecule has 1 aliphatic heterocycles. The maximum atomic E-state index is 12.7.